The molecule has 6 heteroatoms. The molecule has 1 heterocycles. The van der Waals surface area contributed by atoms with Gasteiger partial charge < -0.3 is 9.30 Å². The van der Waals surface area contributed by atoms with E-state index < -0.39 is 11.8 Å². The van der Waals surface area contributed by atoms with Gasteiger partial charge in [-0.1, -0.05) is 75.4 Å². The van der Waals surface area contributed by atoms with Crippen LogP contribution in [-0.2, 0) is 11.3 Å². The highest BCUT2D eigenvalue weighted by Gasteiger charge is 2.23. The lowest BCUT2D eigenvalue weighted by Gasteiger charge is -2.18. The van der Waals surface area contributed by atoms with Gasteiger partial charge in [0.2, 0.25) is 0 Å². The second-order valence-corrected chi connectivity index (χ2v) is 11.7. The number of carbonyl (C=O) groups excluding carboxylic acids is 1. The topological polar surface area (TPSA) is 31.2 Å². The van der Waals surface area contributed by atoms with Crippen molar-refractivity contribution in [1.29, 1.82) is 0 Å². The number of hydrogen-bond acceptors (Lipinski definition) is 3. The summed E-state index contributed by atoms with van der Waals surface area (Å²) in [5.74, 6) is -1.35. The molecular formula is C33H31F2NO2S. The van der Waals surface area contributed by atoms with Crippen LogP contribution in [0.25, 0.3) is 32.9 Å². The van der Waals surface area contributed by atoms with Crippen LogP contribution in [0.5, 0.6) is 5.75 Å². The molecule has 0 aliphatic carbocycles. The molecule has 0 aliphatic rings. The third kappa shape index (κ3) is 5.57. The Kier molecular flexibility index (Phi) is 7.50. The molecule has 1 aromatic heterocycles. The fraction of sp³-hybridized carbons (Fsp3) is 0.242. The van der Waals surface area contributed by atoms with Gasteiger partial charge in [0.25, 0.3) is 0 Å². The zero-order valence-electron chi connectivity index (χ0n) is 22.6. The smallest absolute Gasteiger partial charge is 0.311 e. The van der Waals surface area contributed by atoms with E-state index in [0.29, 0.717) is 18.5 Å². The van der Waals surface area contributed by atoms with E-state index >= 15 is 4.39 Å². The number of rotatable bonds is 7. The number of esters is 1. The molecule has 0 saturated carbocycles. The first-order chi connectivity index (χ1) is 18.7. The Morgan fingerprint density at radius 3 is 2.33 bits per heavy atom. The number of para-hydroxylation sites is 2. The van der Waals surface area contributed by atoms with Gasteiger partial charge in [0.15, 0.2) is 11.6 Å². The van der Waals surface area contributed by atoms with E-state index in [-0.39, 0.29) is 23.4 Å². The van der Waals surface area contributed by atoms with Gasteiger partial charge in [-0.05, 0) is 47.9 Å². The van der Waals surface area contributed by atoms with E-state index in [1.807, 2.05) is 30.5 Å². The quantitative estimate of drug-likeness (QED) is 0.116. The highest BCUT2D eigenvalue weighted by Crippen LogP contribution is 2.44. The second-order valence-electron chi connectivity index (χ2n) is 10.9. The number of hydrogen-bond donors (Lipinski definition) is 0. The third-order valence-electron chi connectivity index (χ3n) is 6.90. The van der Waals surface area contributed by atoms with Gasteiger partial charge in [-0.3, -0.25) is 4.79 Å². The Balaban J connectivity index is 1.67. The molecular weight excluding hydrogens is 512 g/mol. The highest BCUT2D eigenvalue weighted by atomic mass is 32.2. The van der Waals surface area contributed by atoms with Crippen LogP contribution >= 0.6 is 11.8 Å². The number of carbonyl (C=O) groups is 1. The maximum absolute atomic E-state index is 15.2. The predicted molar refractivity (Wildman–Crippen MR) is 156 cm³/mol. The summed E-state index contributed by atoms with van der Waals surface area (Å²) in [7, 11) is 0. The monoisotopic (exact) mass is 543 g/mol. The Morgan fingerprint density at radius 1 is 0.872 bits per heavy atom. The molecule has 5 aromatic rings. The Morgan fingerprint density at radius 2 is 1.62 bits per heavy atom. The number of aromatic nitrogens is 1. The molecule has 3 nitrogen and oxygen atoms in total. The lowest BCUT2D eigenvalue weighted by atomic mass is 9.91. The number of nitrogens with zero attached hydrogens (tertiary/aromatic N) is 1. The van der Waals surface area contributed by atoms with Crippen molar-refractivity contribution in [2.24, 2.45) is 5.41 Å². The lowest BCUT2D eigenvalue weighted by Crippen LogP contribution is -2.14. The molecule has 0 amide bonds. The Labute approximate surface area is 231 Å². The van der Waals surface area contributed by atoms with Crippen LogP contribution in [0.3, 0.4) is 0 Å². The maximum Gasteiger partial charge on any atom is 0.311 e. The average Bonchev–Trinajstić information content (AvgIpc) is 3.22. The van der Waals surface area contributed by atoms with Crippen molar-refractivity contribution < 1.29 is 18.3 Å². The zero-order chi connectivity index (χ0) is 27.7. The minimum Gasteiger partial charge on any atom is -0.423 e. The Bertz CT molecular complexity index is 1670. The van der Waals surface area contributed by atoms with Crippen LogP contribution in [0.1, 0.15) is 39.2 Å². The summed E-state index contributed by atoms with van der Waals surface area (Å²) in [5, 5.41) is 2.17. The molecule has 0 unspecified atom stereocenters. The summed E-state index contributed by atoms with van der Waals surface area (Å²) >= 11 is 1.57. The number of halogens is 2. The van der Waals surface area contributed by atoms with E-state index in [0.717, 1.165) is 37.8 Å². The molecule has 0 aliphatic heterocycles. The summed E-state index contributed by atoms with van der Waals surface area (Å²) in [6, 6.07) is 23.5. The van der Waals surface area contributed by atoms with Crippen LogP contribution in [-0.4, -0.2) is 16.8 Å². The minimum atomic E-state index is -0.574. The number of thioether (sulfide) groups is 1. The van der Waals surface area contributed by atoms with E-state index in [9.17, 15) is 9.18 Å². The summed E-state index contributed by atoms with van der Waals surface area (Å²) in [6.07, 6.45) is 2.84. The largest absolute Gasteiger partial charge is 0.423 e. The molecule has 5 rings (SSSR count). The minimum absolute atomic E-state index is 0.0356. The maximum atomic E-state index is 15.2. The fourth-order valence-corrected chi connectivity index (χ4v) is 5.75. The SMILES string of the molecule is CSc1c(-c2cccc(F)c2OC(=O)CCC(C)(C)C)ccc2c3ccccc3n(Cc3ccc(F)cc3)c12. The average molecular weight is 544 g/mol. The summed E-state index contributed by atoms with van der Waals surface area (Å²) in [6.45, 7) is 6.71. The van der Waals surface area contributed by atoms with Crippen molar-refractivity contribution in [2.75, 3.05) is 6.26 Å². The third-order valence-corrected chi connectivity index (χ3v) is 7.72. The van der Waals surface area contributed by atoms with Crippen LogP contribution in [0.2, 0.25) is 0 Å². The van der Waals surface area contributed by atoms with E-state index in [1.165, 1.54) is 18.2 Å². The zero-order valence-corrected chi connectivity index (χ0v) is 23.4. The van der Waals surface area contributed by atoms with Crippen molar-refractivity contribution >= 4 is 39.5 Å². The molecule has 0 spiro atoms. The Hall–Kier alpha value is -3.64. The lowest BCUT2D eigenvalue weighted by molar-refractivity contribution is -0.135. The van der Waals surface area contributed by atoms with Gasteiger partial charge >= 0.3 is 5.97 Å². The highest BCUT2D eigenvalue weighted by molar-refractivity contribution is 7.99. The first-order valence-electron chi connectivity index (χ1n) is 13.0. The normalized spacial score (nSPS) is 11.8. The van der Waals surface area contributed by atoms with Crippen molar-refractivity contribution in [3.05, 3.63) is 96.1 Å². The first kappa shape index (κ1) is 26.9. The molecule has 0 radical (unpaired) electrons. The van der Waals surface area contributed by atoms with Gasteiger partial charge in [0.05, 0.1) is 5.52 Å². The van der Waals surface area contributed by atoms with Crippen molar-refractivity contribution in [3.8, 4) is 16.9 Å². The van der Waals surface area contributed by atoms with Crippen molar-refractivity contribution in [3.63, 3.8) is 0 Å². The van der Waals surface area contributed by atoms with E-state index in [4.69, 9.17) is 4.74 Å². The summed E-state index contributed by atoms with van der Waals surface area (Å²) in [4.78, 5) is 13.7. The van der Waals surface area contributed by atoms with Crippen LogP contribution in [0.4, 0.5) is 8.78 Å². The first-order valence-corrected chi connectivity index (χ1v) is 14.2. The van der Waals surface area contributed by atoms with Crippen molar-refractivity contribution in [2.45, 2.75) is 45.1 Å². The van der Waals surface area contributed by atoms with Crippen LogP contribution in [0.15, 0.2) is 83.8 Å². The van der Waals surface area contributed by atoms with Gasteiger partial charge in [-0.15, -0.1) is 11.8 Å². The van der Waals surface area contributed by atoms with E-state index in [2.05, 4.69) is 37.5 Å². The number of fused-ring (bicyclic) bond motifs is 3. The summed E-state index contributed by atoms with van der Waals surface area (Å²) in [5.41, 5.74) is 4.31. The predicted octanol–water partition coefficient (Wildman–Crippen LogP) is 9.24. The summed E-state index contributed by atoms with van der Waals surface area (Å²) < 4.78 is 36.7. The molecule has 0 saturated heterocycles. The standard InChI is InChI=1S/C33H31F2NO2S/c1-33(2,3)19-18-29(37)38-31-25(9-7-10-27(31)35)26-17-16-24-23-8-5-6-11-28(23)36(30(24)32(26)39-4)20-21-12-14-22(34)15-13-21/h5-17H,18-20H2,1-4H3. The molecule has 4 aromatic carbocycles. The molecule has 39 heavy (non-hydrogen) atoms. The molecule has 0 N–H and O–H groups in total. The molecule has 200 valence electrons. The number of ether oxygens (including phenoxy) is 1. The van der Waals surface area contributed by atoms with Gasteiger partial charge in [0.1, 0.15) is 5.82 Å². The van der Waals surface area contributed by atoms with Gasteiger partial charge in [-0.2, -0.15) is 0 Å². The molecule has 0 fully saturated rings. The fourth-order valence-electron chi connectivity index (χ4n) is 4.94. The van der Waals surface area contributed by atoms with Crippen LogP contribution in [0, 0.1) is 17.0 Å². The van der Waals surface area contributed by atoms with E-state index in [1.54, 1.807) is 36.0 Å². The molecule has 0 atom stereocenters. The second kappa shape index (κ2) is 10.9. The van der Waals surface area contributed by atoms with Crippen LogP contribution < -0.4 is 4.74 Å². The molecule has 0 bridgehead atoms. The van der Waals surface area contributed by atoms with Crippen molar-refractivity contribution in [1.82, 2.24) is 4.57 Å². The van der Waals surface area contributed by atoms with Gasteiger partial charge in [-0.25, -0.2) is 8.78 Å². The number of benzene rings is 4. The van der Waals surface area contributed by atoms with Gasteiger partial charge in [0, 0.05) is 45.3 Å².